The maximum absolute atomic E-state index is 11.9. The molecule has 0 atom stereocenters. The van der Waals surface area contributed by atoms with Gasteiger partial charge in [-0.25, -0.2) is 0 Å². The highest BCUT2D eigenvalue weighted by molar-refractivity contribution is 7.90. The predicted octanol–water partition coefficient (Wildman–Crippen LogP) is 0.288. The first-order valence-electron chi connectivity index (χ1n) is 5.05. The average Bonchev–Trinajstić information content (AvgIpc) is 2.27. The summed E-state index contributed by atoms with van der Waals surface area (Å²) >= 11 is 0. The highest BCUT2D eigenvalue weighted by Crippen LogP contribution is 2.41. The van der Waals surface area contributed by atoms with Crippen molar-refractivity contribution < 1.29 is 28.3 Å². The molecule has 20 heavy (non-hydrogen) atoms. The lowest BCUT2D eigenvalue weighted by atomic mass is 10.2. The molecular weight excluding hydrogens is 294 g/mol. The third kappa shape index (κ3) is 2.25. The highest BCUT2D eigenvalue weighted by atomic mass is 32.2. The largest absolute Gasteiger partial charge is 0.502 e. The molecule has 1 aliphatic heterocycles. The van der Waals surface area contributed by atoms with E-state index in [0.717, 1.165) is 12.1 Å². The number of anilines is 1. The molecule has 0 saturated heterocycles. The molecule has 2 rings (SSSR count). The van der Waals surface area contributed by atoms with E-state index in [1.807, 2.05) is 0 Å². The predicted molar refractivity (Wildman–Crippen MR) is 65.3 cm³/mol. The SMILES string of the molecule is O=C(O)CC1=NS(=O)(=O)c2c(ccc(O)c2[N+](=O)[O-])N1. The summed E-state index contributed by atoms with van der Waals surface area (Å²) in [6, 6.07) is 2.02. The van der Waals surface area contributed by atoms with Gasteiger partial charge in [0.15, 0.2) is 10.6 Å². The lowest BCUT2D eigenvalue weighted by Crippen LogP contribution is -2.24. The molecule has 1 aromatic rings. The van der Waals surface area contributed by atoms with Crippen LogP contribution >= 0.6 is 0 Å². The molecule has 0 radical (unpaired) electrons. The Hall–Kier alpha value is -2.69. The first-order valence-corrected chi connectivity index (χ1v) is 6.49. The Kier molecular flexibility index (Phi) is 3.06. The number of hydrogen-bond donors (Lipinski definition) is 3. The Bertz CT molecular complexity index is 753. The minimum absolute atomic E-state index is 0.208. The number of phenols is 1. The maximum Gasteiger partial charge on any atom is 0.333 e. The number of nitrogens with zero attached hydrogens (tertiary/aromatic N) is 2. The van der Waals surface area contributed by atoms with Gasteiger partial charge in [0.25, 0.3) is 10.0 Å². The van der Waals surface area contributed by atoms with Crippen LogP contribution in [0.1, 0.15) is 6.42 Å². The van der Waals surface area contributed by atoms with Gasteiger partial charge in [-0.3, -0.25) is 14.9 Å². The second-order valence-corrected chi connectivity index (χ2v) is 5.32. The number of rotatable bonds is 3. The molecule has 0 saturated carbocycles. The number of aromatic hydroxyl groups is 1. The Balaban J connectivity index is 2.68. The van der Waals surface area contributed by atoms with E-state index in [1.165, 1.54) is 0 Å². The fraction of sp³-hybridized carbons (Fsp3) is 0.111. The van der Waals surface area contributed by atoms with Gasteiger partial charge in [-0.1, -0.05) is 0 Å². The van der Waals surface area contributed by atoms with Crippen molar-refractivity contribution in [1.29, 1.82) is 0 Å². The van der Waals surface area contributed by atoms with Gasteiger partial charge in [0.2, 0.25) is 0 Å². The molecule has 1 aromatic carbocycles. The number of nitro groups is 1. The molecule has 0 unspecified atom stereocenters. The molecule has 0 spiro atoms. The van der Waals surface area contributed by atoms with Gasteiger partial charge in [0, 0.05) is 0 Å². The lowest BCUT2D eigenvalue weighted by Gasteiger charge is -2.17. The van der Waals surface area contributed by atoms with E-state index >= 15 is 0 Å². The number of benzene rings is 1. The summed E-state index contributed by atoms with van der Waals surface area (Å²) in [6.45, 7) is 0. The second-order valence-electron chi connectivity index (χ2n) is 3.78. The molecule has 1 heterocycles. The van der Waals surface area contributed by atoms with Crippen molar-refractivity contribution in [1.82, 2.24) is 0 Å². The van der Waals surface area contributed by atoms with Crippen molar-refractivity contribution in [3.05, 3.63) is 22.2 Å². The third-order valence-electron chi connectivity index (χ3n) is 2.38. The standard InChI is InChI=1S/C9H7N3O7S/c13-5-2-1-4-9(8(5)12(16)17)20(18,19)11-6(10-4)3-7(14)15/h1-2,13H,3H2,(H,10,11)(H,14,15). The number of nitro benzene ring substituents is 1. The second kappa shape index (κ2) is 4.45. The van der Waals surface area contributed by atoms with E-state index in [0.29, 0.717) is 0 Å². The number of nitrogens with one attached hydrogen (secondary N) is 1. The number of sulfonamides is 1. The van der Waals surface area contributed by atoms with Gasteiger partial charge in [-0.15, -0.1) is 4.40 Å². The Morgan fingerprint density at radius 3 is 2.65 bits per heavy atom. The normalized spacial score (nSPS) is 15.7. The first kappa shape index (κ1) is 13.7. The molecule has 1 aliphatic rings. The summed E-state index contributed by atoms with van der Waals surface area (Å²) in [5.41, 5.74) is -1.21. The molecular formula is C9H7N3O7S. The number of carboxylic acid groups (broad SMARTS) is 1. The Morgan fingerprint density at radius 1 is 1.45 bits per heavy atom. The lowest BCUT2D eigenvalue weighted by molar-refractivity contribution is -0.388. The zero-order valence-corrected chi connectivity index (χ0v) is 10.4. The summed E-state index contributed by atoms with van der Waals surface area (Å²) < 4.78 is 27.0. The van der Waals surface area contributed by atoms with E-state index in [-0.39, 0.29) is 11.5 Å². The number of phenolic OH excluding ortho intramolecular Hbond substituents is 1. The monoisotopic (exact) mass is 301 g/mol. The van der Waals surface area contributed by atoms with Crippen LogP contribution in [-0.2, 0) is 14.8 Å². The Morgan fingerprint density at radius 2 is 2.10 bits per heavy atom. The number of amidine groups is 1. The van der Waals surface area contributed by atoms with Crippen molar-refractivity contribution in [3.63, 3.8) is 0 Å². The summed E-state index contributed by atoms with van der Waals surface area (Å²) in [5, 5.41) is 31.2. The van der Waals surface area contributed by atoms with Gasteiger partial charge in [-0.05, 0) is 12.1 Å². The first-order chi connectivity index (χ1) is 9.22. The fourth-order valence-electron chi connectivity index (χ4n) is 1.69. The minimum atomic E-state index is -4.47. The van der Waals surface area contributed by atoms with Gasteiger partial charge in [0.05, 0.1) is 10.6 Å². The van der Waals surface area contributed by atoms with Crippen LogP contribution in [0.25, 0.3) is 0 Å². The van der Waals surface area contributed by atoms with Crippen LogP contribution in [-0.4, -0.2) is 35.4 Å². The average molecular weight is 301 g/mol. The zero-order valence-electron chi connectivity index (χ0n) is 9.60. The molecule has 0 aromatic heterocycles. The Labute approximate surface area is 111 Å². The molecule has 0 fully saturated rings. The van der Waals surface area contributed by atoms with Crippen LogP contribution < -0.4 is 5.32 Å². The number of carboxylic acids is 1. The van der Waals surface area contributed by atoms with Gasteiger partial charge in [-0.2, -0.15) is 8.42 Å². The summed E-state index contributed by atoms with van der Waals surface area (Å²) in [6.07, 6.45) is -0.687. The molecule has 106 valence electrons. The fourth-order valence-corrected chi connectivity index (χ4v) is 3.00. The van der Waals surface area contributed by atoms with E-state index < -0.39 is 43.7 Å². The summed E-state index contributed by atoms with van der Waals surface area (Å²) in [4.78, 5) is 19.6. The molecule has 0 amide bonds. The molecule has 3 N–H and O–H groups in total. The number of hydrogen-bond acceptors (Lipinski definition) is 7. The van der Waals surface area contributed by atoms with Crippen LogP contribution in [0.3, 0.4) is 0 Å². The quantitative estimate of drug-likeness (QED) is 0.408. The van der Waals surface area contributed by atoms with Gasteiger partial charge >= 0.3 is 11.7 Å². The van der Waals surface area contributed by atoms with E-state index in [2.05, 4.69) is 9.71 Å². The smallest absolute Gasteiger partial charge is 0.333 e. The molecule has 0 aliphatic carbocycles. The van der Waals surface area contributed by atoms with E-state index in [1.54, 1.807) is 0 Å². The topological polar surface area (TPSA) is 159 Å². The van der Waals surface area contributed by atoms with Crippen molar-refractivity contribution in [2.24, 2.45) is 4.40 Å². The number of carbonyl (C=O) groups is 1. The van der Waals surface area contributed by atoms with Gasteiger partial charge in [0.1, 0.15) is 12.3 Å². The minimum Gasteiger partial charge on any atom is -0.502 e. The zero-order chi connectivity index (χ0) is 15.1. The van der Waals surface area contributed by atoms with Crippen LogP contribution in [0.2, 0.25) is 0 Å². The van der Waals surface area contributed by atoms with E-state index in [9.17, 15) is 28.4 Å². The summed E-state index contributed by atoms with van der Waals surface area (Å²) in [5.74, 6) is -2.51. The highest BCUT2D eigenvalue weighted by Gasteiger charge is 2.36. The third-order valence-corrected chi connectivity index (χ3v) is 3.77. The molecule has 10 nitrogen and oxygen atoms in total. The van der Waals surface area contributed by atoms with Crippen molar-refractivity contribution in [3.8, 4) is 5.75 Å². The van der Waals surface area contributed by atoms with Crippen molar-refractivity contribution in [2.75, 3.05) is 5.32 Å². The van der Waals surface area contributed by atoms with Crippen LogP contribution in [0.15, 0.2) is 21.4 Å². The number of aliphatic carboxylic acids is 1. The number of fused-ring (bicyclic) bond motifs is 1. The molecule has 11 heteroatoms. The van der Waals surface area contributed by atoms with Gasteiger partial charge < -0.3 is 15.5 Å². The maximum atomic E-state index is 11.9. The van der Waals surface area contributed by atoms with Crippen molar-refractivity contribution in [2.45, 2.75) is 11.3 Å². The summed E-state index contributed by atoms with van der Waals surface area (Å²) in [7, 11) is -4.47. The van der Waals surface area contributed by atoms with E-state index in [4.69, 9.17) is 5.11 Å². The van der Waals surface area contributed by atoms with Crippen molar-refractivity contribution >= 4 is 33.2 Å². The van der Waals surface area contributed by atoms with Crippen LogP contribution in [0, 0.1) is 10.1 Å². The van der Waals surface area contributed by atoms with Crippen LogP contribution in [0.4, 0.5) is 11.4 Å². The van der Waals surface area contributed by atoms with Crippen LogP contribution in [0.5, 0.6) is 5.75 Å². The molecule has 0 bridgehead atoms.